The molecule has 0 unspecified atom stereocenters. The van der Waals surface area contributed by atoms with E-state index in [1.807, 2.05) is 13.8 Å². The van der Waals surface area contributed by atoms with E-state index in [2.05, 4.69) is 35.7 Å². The standard InChI is InChI=1S/C22H31N3O3S/c1-6-25(16(2)3)14-13-23-22(26)19-8-10-20(11-9-19)24-29(27,28)21-12-7-17(4)18(5)15-21/h7-12,15-16,24H,6,13-14H2,1-5H3,(H,23,26). The maximum absolute atomic E-state index is 12.6. The Morgan fingerprint density at radius 2 is 1.69 bits per heavy atom. The summed E-state index contributed by atoms with van der Waals surface area (Å²) in [7, 11) is -3.68. The number of carbonyl (C=O) groups is 1. The van der Waals surface area contributed by atoms with Gasteiger partial charge in [0.15, 0.2) is 0 Å². The van der Waals surface area contributed by atoms with Crippen molar-refractivity contribution in [1.82, 2.24) is 10.2 Å². The van der Waals surface area contributed by atoms with Gasteiger partial charge in [-0.05, 0) is 81.8 Å². The lowest BCUT2D eigenvalue weighted by molar-refractivity contribution is 0.0946. The van der Waals surface area contributed by atoms with Crippen LogP contribution in [-0.2, 0) is 10.0 Å². The summed E-state index contributed by atoms with van der Waals surface area (Å²) in [6, 6.07) is 11.9. The van der Waals surface area contributed by atoms with Crippen LogP contribution in [0.5, 0.6) is 0 Å². The molecule has 0 bridgehead atoms. The van der Waals surface area contributed by atoms with Gasteiger partial charge in [-0.15, -0.1) is 0 Å². The average molecular weight is 418 g/mol. The number of sulfonamides is 1. The second-order valence-electron chi connectivity index (χ2n) is 7.41. The van der Waals surface area contributed by atoms with Gasteiger partial charge in [-0.3, -0.25) is 14.4 Å². The maximum Gasteiger partial charge on any atom is 0.261 e. The molecule has 0 aliphatic carbocycles. The Morgan fingerprint density at radius 1 is 1.03 bits per heavy atom. The third-order valence-electron chi connectivity index (χ3n) is 5.01. The molecule has 0 saturated heterocycles. The summed E-state index contributed by atoms with van der Waals surface area (Å²) in [5.74, 6) is -0.173. The molecule has 2 rings (SSSR count). The van der Waals surface area contributed by atoms with Crippen LogP contribution in [0.25, 0.3) is 0 Å². The van der Waals surface area contributed by atoms with Gasteiger partial charge in [-0.2, -0.15) is 0 Å². The van der Waals surface area contributed by atoms with Crippen LogP contribution in [0.4, 0.5) is 5.69 Å². The zero-order valence-corrected chi connectivity index (χ0v) is 18.6. The van der Waals surface area contributed by atoms with Crippen molar-refractivity contribution in [3.63, 3.8) is 0 Å². The third kappa shape index (κ3) is 6.30. The Labute approximate surface area is 174 Å². The van der Waals surface area contributed by atoms with E-state index in [1.165, 1.54) is 0 Å². The number of aryl methyl sites for hydroxylation is 2. The van der Waals surface area contributed by atoms with Crippen molar-refractivity contribution in [2.45, 2.75) is 45.6 Å². The maximum atomic E-state index is 12.6. The summed E-state index contributed by atoms with van der Waals surface area (Å²) in [5.41, 5.74) is 2.86. The molecule has 0 aliphatic heterocycles. The number of hydrogen-bond donors (Lipinski definition) is 2. The van der Waals surface area contributed by atoms with Gasteiger partial charge in [-0.25, -0.2) is 8.42 Å². The number of nitrogens with one attached hydrogen (secondary N) is 2. The summed E-state index contributed by atoms with van der Waals surface area (Å²) in [6.07, 6.45) is 0. The summed E-state index contributed by atoms with van der Waals surface area (Å²) in [5, 5.41) is 2.90. The largest absolute Gasteiger partial charge is 0.351 e. The van der Waals surface area contributed by atoms with Gasteiger partial charge in [0.05, 0.1) is 4.90 Å². The Balaban J connectivity index is 1.98. The third-order valence-corrected chi connectivity index (χ3v) is 6.39. The predicted octanol–water partition coefficient (Wildman–Crippen LogP) is 3.56. The molecule has 0 heterocycles. The molecular weight excluding hydrogens is 386 g/mol. The van der Waals surface area contributed by atoms with Crippen LogP contribution in [0.15, 0.2) is 47.4 Å². The van der Waals surface area contributed by atoms with Crippen molar-refractivity contribution in [3.8, 4) is 0 Å². The van der Waals surface area contributed by atoms with E-state index in [1.54, 1.807) is 42.5 Å². The van der Waals surface area contributed by atoms with Crippen molar-refractivity contribution >= 4 is 21.6 Å². The van der Waals surface area contributed by atoms with Crippen LogP contribution >= 0.6 is 0 Å². The van der Waals surface area contributed by atoms with Crippen molar-refractivity contribution in [2.75, 3.05) is 24.4 Å². The van der Waals surface area contributed by atoms with Crippen LogP contribution in [0.2, 0.25) is 0 Å². The van der Waals surface area contributed by atoms with E-state index >= 15 is 0 Å². The van der Waals surface area contributed by atoms with Crippen LogP contribution in [0.3, 0.4) is 0 Å². The van der Waals surface area contributed by atoms with Gasteiger partial charge >= 0.3 is 0 Å². The zero-order valence-electron chi connectivity index (χ0n) is 17.8. The molecule has 0 atom stereocenters. The van der Waals surface area contributed by atoms with Gasteiger partial charge in [0, 0.05) is 30.4 Å². The quantitative estimate of drug-likeness (QED) is 0.654. The van der Waals surface area contributed by atoms with Gasteiger partial charge in [0.1, 0.15) is 0 Å². The van der Waals surface area contributed by atoms with Crippen LogP contribution in [0.1, 0.15) is 42.3 Å². The lowest BCUT2D eigenvalue weighted by atomic mass is 10.1. The molecule has 0 aromatic heterocycles. The van der Waals surface area contributed by atoms with Crippen LogP contribution in [-0.4, -0.2) is 44.9 Å². The number of amides is 1. The molecule has 2 N–H and O–H groups in total. The minimum atomic E-state index is -3.68. The highest BCUT2D eigenvalue weighted by atomic mass is 32.2. The van der Waals surface area contributed by atoms with Crippen molar-refractivity contribution in [3.05, 3.63) is 59.2 Å². The molecule has 1 amide bonds. The van der Waals surface area contributed by atoms with Gasteiger partial charge < -0.3 is 5.32 Å². The van der Waals surface area contributed by atoms with E-state index < -0.39 is 10.0 Å². The first-order chi connectivity index (χ1) is 13.6. The normalized spacial score (nSPS) is 11.7. The highest BCUT2D eigenvalue weighted by Gasteiger charge is 2.15. The molecule has 0 saturated carbocycles. The fraction of sp³-hybridized carbons (Fsp3) is 0.409. The number of rotatable bonds is 9. The van der Waals surface area contributed by atoms with Crippen molar-refractivity contribution in [2.24, 2.45) is 0 Å². The molecule has 7 heteroatoms. The SMILES string of the molecule is CCN(CCNC(=O)c1ccc(NS(=O)(=O)c2ccc(C)c(C)c2)cc1)C(C)C. The number of anilines is 1. The van der Waals surface area contributed by atoms with Gasteiger partial charge in [0.2, 0.25) is 0 Å². The fourth-order valence-corrected chi connectivity index (χ4v) is 4.12. The minimum absolute atomic E-state index is 0.173. The highest BCUT2D eigenvalue weighted by molar-refractivity contribution is 7.92. The highest BCUT2D eigenvalue weighted by Crippen LogP contribution is 2.19. The molecule has 0 fully saturated rings. The zero-order chi connectivity index (χ0) is 21.6. The second-order valence-corrected chi connectivity index (χ2v) is 9.09. The Kier molecular flexibility index (Phi) is 7.81. The summed E-state index contributed by atoms with van der Waals surface area (Å²) in [4.78, 5) is 14.8. The molecule has 0 aliphatic rings. The lowest BCUT2D eigenvalue weighted by Crippen LogP contribution is -2.38. The fourth-order valence-electron chi connectivity index (χ4n) is 2.98. The number of carbonyl (C=O) groups excluding carboxylic acids is 1. The van der Waals surface area contributed by atoms with Gasteiger partial charge in [-0.1, -0.05) is 13.0 Å². The van der Waals surface area contributed by atoms with E-state index in [9.17, 15) is 13.2 Å². The summed E-state index contributed by atoms with van der Waals surface area (Å²) in [6.45, 7) is 12.4. The second kappa shape index (κ2) is 9.89. The van der Waals surface area contributed by atoms with E-state index in [0.717, 1.165) is 24.2 Å². The average Bonchev–Trinajstić information content (AvgIpc) is 2.67. The molecule has 2 aromatic carbocycles. The molecule has 2 aromatic rings. The smallest absolute Gasteiger partial charge is 0.261 e. The van der Waals surface area contributed by atoms with Crippen molar-refractivity contribution in [1.29, 1.82) is 0 Å². The molecule has 0 spiro atoms. The van der Waals surface area contributed by atoms with Crippen LogP contribution < -0.4 is 10.0 Å². The molecule has 29 heavy (non-hydrogen) atoms. The molecular formula is C22H31N3O3S. The van der Waals surface area contributed by atoms with Crippen LogP contribution in [0, 0.1) is 13.8 Å². The topological polar surface area (TPSA) is 78.5 Å². The van der Waals surface area contributed by atoms with E-state index in [-0.39, 0.29) is 10.8 Å². The monoisotopic (exact) mass is 417 g/mol. The number of hydrogen-bond acceptors (Lipinski definition) is 4. The Morgan fingerprint density at radius 3 is 2.24 bits per heavy atom. The van der Waals surface area contributed by atoms with Crippen molar-refractivity contribution < 1.29 is 13.2 Å². The molecule has 158 valence electrons. The number of nitrogens with zero attached hydrogens (tertiary/aromatic N) is 1. The lowest BCUT2D eigenvalue weighted by Gasteiger charge is -2.24. The first-order valence-corrected chi connectivity index (χ1v) is 11.3. The number of benzene rings is 2. The Bertz CT molecular complexity index is 938. The first-order valence-electron chi connectivity index (χ1n) is 9.86. The van der Waals surface area contributed by atoms with E-state index in [0.29, 0.717) is 23.8 Å². The van der Waals surface area contributed by atoms with E-state index in [4.69, 9.17) is 0 Å². The first kappa shape index (κ1) is 22.9. The molecule has 6 nitrogen and oxygen atoms in total. The Hall–Kier alpha value is -2.38. The predicted molar refractivity (Wildman–Crippen MR) is 118 cm³/mol. The number of likely N-dealkylation sites (N-methyl/N-ethyl adjacent to an activating group) is 1. The van der Waals surface area contributed by atoms with Gasteiger partial charge in [0.25, 0.3) is 15.9 Å². The summed E-state index contributed by atoms with van der Waals surface area (Å²) < 4.78 is 27.7. The summed E-state index contributed by atoms with van der Waals surface area (Å²) >= 11 is 0. The minimum Gasteiger partial charge on any atom is -0.351 e. The molecule has 0 radical (unpaired) electrons.